The summed E-state index contributed by atoms with van der Waals surface area (Å²) in [5.41, 5.74) is 1.65. The molecule has 0 atom stereocenters. The molecule has 0 saturated heterocycles. The lowest BCUT2D eigenvalue weighted by atomic mass is 10.3. The lowest BCUT2D eigenvalue weighted by molar-refractivity contribution is -0.142. The standard InChI is InChI=1S/C13H16IN3O2/c1-3-18-13(19-4-2)12-9-17(16-15-12)11-7-5-6-10(14)8-11/h5-9,13H,3-4H2,1-2H3. The minimum absolute atomic E-state index is 0.452. The zero-order valence-electron chi connectivity index (χ0n) is 10.9. The molecule has 2 aromatic rings. The van der Waals surface area contributed by atoms with Crippen molar-refractivity contribution >= 4 is 22.6 Å². The Hall–Kier alpha value is -0.990. The van der Waals surface area contributed by atoms with Crippen LogP contribution in [0.1, 0.15) is 25.8 Å². The second-order valence-corrected chi connectivity index (χ2v) is 5.06. The average molecular weight is 373 g/mol. The Morgan fingerprint density at radius 2 is 2.00 bits per heavy atom. The van der Waals surface area contributed by atoms with E-state index in [-0.39, 0.29) is 0 Å². The molecule has 5 nitrogen and oxygen atoms in total. The molecule has 0 N–H and O–H groups in total. The van der Waals surface area contributed by atoms with Crippen LogP contribution in [-0.4, -0.2) is 28.2 Å². The van der Waals surface area contributed by atoms with Crippen molar-refractivity contribution in [3.63, 3.8) is 0 Å². The molecule has 0 radical (unpaired) electrons. The fourth-order valence-corrected chi connectivity index (χ4v) is 2.18. The summed E-state index contributed by atoms with van der Waals surface area (Å²) in [7, 11) is 0. The number of rotatable bonds is 6. The van der Waals surface area contributed by atoms with E-state index in [2.05, 4.69) is 32.9 Å². The number of aromatic nitrogens is 3. The molecule has 0 unspecified atom stereocenters. The van der Waals surface area contributed by atoms with Crippen LogP contribution in [-0.2, 0) is 9.47 Å². The highest BCUT2D eigenvalue weighted by Gasteiger charge is 2.16. The van der Waals surface area contributed by atoms with Crippen LogP contribution in [0.2, 0.25) is 0 Å². The summed E-state index contributed by atoms with van der Waals surface area (Å²) in [6, 6.07) is 8.04. The normalized spacial score (nSPS) is 11.2. The summed E-state index contributed by atoms with van der Waals surface area (Å²) in [5, 5.41) is 8.24. The van der Waals surface area contributed by atoms with Gasteiger partial charge >= 0.3 is 0 Å². The second-order valence-electron chi connectivity index (χ2n) is 3.81. The molecule has 1 aromatic carbocycles. The molecule has 0 aliphatic rings. The third-order valence-corrected chi connectivity index (χ3v) is 3.13. The van der Waals surface area contributed by atoms with Crippen molar-refractivity contribution in [3.8, 4) is 5.69 Å². The van der Waals surface area contributed by atoms with Crippen molar-refractivity contribution in [1.82, 2.24) is 15.0 Å². The van der Waals surface area contributed by atoms with Crippen molar-refractivity contribution in [2.75, 3.05) is 13.2 Å². The molecule has 0 aliphatic carbocycles. The Balaban J connectivity index is 2.22. The van der Waals surface area contributed by atoms with Crippen LogP contribution in [0.3, 0.4) is 0 Å². The molecule has 0 spiro atoms. The van der Waals surface area contributed by atoms with Crippen molar-refractivity contribution < 1.29 is 9.47 Å². The fourth-order valence-electron chi connectivity index (χ4n) is 1.65. The van der Waals surface area contributed by atoms with Gasteiger partial charge in [-0.05, 0) is 54.6 Å². The Labute approximate surface area is 126 Å². The number of ether oxygens (including phenoxy) is 2. The Bertz CT molecular complexity index is 524. The van der Waals surface area contributed by atoms with Gasteiger partial charge in [0.2, 0.25) is 6.29 Å². The molecule has 102 valence electrons. The summed E-state index contributed by atoms with van der Waals surface area (Å²) in [4.78, 5) is 0. The summed E-state index contributed by atoms with van der Waals surface area (Å²) in [5.74, 6) is 0. The maximum Gasteiger partial charge on any atom is 0.204 e. The molecule has 19 heavy (non-hydrogen) atoms. The number of benzene rings is 1. The van der Waals surface area contributed by atoms with Crippen LogP contribution in [0, 0.1) is 3.57 Å². The zero-order valence-corrected chi connectivity index (χ0v) is 13.1. The Morgan fingerprint density at radius 1 is 1.26 bits per heavy atom. The van der Waals surface area contributed by atoms with Gasteiger partial charge in [0, 0.05) is 16.8 Å². The van der Waals surface area contributed by atoms with Crippen LogP contribution in [0.5, 0.6) is 0 Å². The minimum atomic E-state index is -0.452. The Morgan fingerprint density at radius 3 is 2.63 bits per heavy atom. The van der Waals surface area contributed by atoms with Crippen LogP contribution in [0.25, 0.3) is 5.69 Å². The molecule has 1 aromatic heterocycles. The van der Waals surface area contributed by atoms with Gasteiger partial charge < -0.3 is 9.47 Å². The van der Waals surface area contributed by atoms with Crippen LogP contribution < -0.4 is 0 Å². The smallest absolute Gasteiger partial charge is 0.204 e. The highest BCUT2D eigenvalue weighted by Crippen LogP contribution is 2.18. The highest BCUT2D eigenvalue weighted by atomic mass is 127. The monoisotopic (exact) mass is 373 g/mol. The summed E-state index contributed by atoms with van der Waals surface area (Å²) >= 11 is 2.27. The molecule has 2 rings (SSSR count). The number of nitrogens with zero attached hydrogens (tertiary/aromatic N) is 3. The third kappa shape index (κ3) is 3.74. The first-order valence-electron chi connectivity index (χ1n) is 6.16. The van der Waals surface area contributed by atoms with Crippen LogP contribution in [0.4, 0.5) is 0 Å². The topological polar surface area (TPSA) is 49.2 Å². The van der Waals surface area contributed by atoms with E-state index in [9.17, 15) is 0 Å². The lowest BCUT2D eigenvalue weighted by Crippen LogP contribution is -2.09. The minimum Gasteiger partial charge on any atom is -0.347 e. The van der Waals surface area contributed by atoms with E-state index in [4.69, 9.17) is 9.47 Å². The maximum absolute atomic E-state index is 5.50. The number of halogens is 1. The van der Waals surface area contributed by atoms with Gasteiger partial charge in [0.1, 0.15) is 5.69 Å². The van der Waals surface area contributed by atoms with Gasteiger partial charge in [-0.15, -0.1) is 5.10 Å². The summed E-state index contributed by atoms with van der Waals surface area (Å²) < 4.78 is 13.9. The molecule has 0 fully saturated rings. The average Bonchev–Trinajstić information content (AvgIpc) is 2.88. The van der Waals surface area contributed by atoms with Crippen molar-refractivity contribution in [2.45, 2.75) is 20.1 Å². The van der Waals surface area contributed by atoms with E-state index in [0.29, 0.717) is 18.9 Å². The molecular formula is C13H16IN3O2. The van der Waals surface area contributed by atoms with E-state index in [0.717, 1.165) is 9.26 Å². The maximum atomic E-state index is 5.50. The van der Waals surface area contributed by atoms with Gasteiger partial charge in [0.15, 0.2) is 0 Å². The van der Waals surface area contributed by atoms with Gasteiger partial charge in [0.25, 0.3) is 0 Å². The first-order valence-corrected chi connectivity index (χ1v) is 7.23. The number of hydrogen-bond acceptors (Lipinski definition) is 4. The van der Waals surface area contributed by atoms with Crippen molar-refractivity contribution in [3.05, 3.63) is 39.7 Å². The van der Waals surface area contributed by atoms with Gasteiger partial charge in [0.05, 0.1) is 11.9 Å². The molecule has 1 heterocycles. The molecule has 0 aliphatic heterocycles. The predicted octanol–water partition coefficient (Wildman–Crippen LogP) is 2.94. The van der Waals surface area contributed by atoms with Crippen LogP contribution in [0.15, 0.2) is 30.5 Å². The van der Waals surface area contributed by atoms with Gasteiger partial charge in [-0.1, -0.05) is 11.3 Å². The molecule has 0 amide bonds. The SMILES string of the molecule is CCOC(OCC)c1cn(-c2cccc(I)c2)nn1. The lowest BCUT2D eigenvalue weighted by Gasteiger charge is -2.13. The molecular weight excluding hydrogens is 357 g/mol. The third-order valence-electron chi connectivity index (χ3n) is 2.46. The highest BCUT2D eigenvalue weighted by molar-refractivity contribution is 14.1. The molecule has 6 heteroatoms. The van der Waals surface area contributed by atoms with E-state index in [1.165, 1.54) is 0 Å². The predicted molar refractivity (Wildman–Crippen MR) is 80.1 cm³/mol. The largest absolute Gasteiger partial charge is 0.347 e. The summed E-state index contributed by atoms with van der Waals surface area (Å²) in [6.45, 7) is 4.99. The van der Waals surface area contributed by atoms with Gasteiger partial charge in [-0.25, -0.2) is 4.68 Å². The molecule has 0 bridgehead atoms. The van der Waals surface area contributed by atoms with E-state index < -0.39 is 6.29 Å². The second kappa shape index (κ2) is 6.97. The van der Waals surface area contributed by atoms with Crippen LogP contribution >= 0.6 is 22.6 Å². The van der Waals surface area contributed by atoms with Gasteiger partial charge in [-0.3, -0.25) is 0 Å². The first kappa shape index (κ1) is 14.4. The quantitative estimate of drug-likeness (QED) is 0.577. The number of hydrogen-bond donors (Lipinski definition) is 0. The van der Waals surface area contributed by atoms with Gasteiger partial charge in [-0.2, -0.15) is 0 Å². The van der Waals surface area contributed by atoms with E-state index in [1.807, 2.05) is 44.3 Å². The molecule has 0 saturated carbocycles. The summed E-state index contributed by atoms with van der Waals surface area (Å²) in [6.07, 6.45) is 1.38. The Kier molecular flexibility index (Phi) is 5.29. The van der Waals surface area contributed by atoms with E-state index in [1.54, 1.807) is 4.68 Å². The van der Waals surface area contributed by atoms with E-state index >= 15 is 0 Å². The zero-order chi connectivity index (χ0) is 13.7. The van der Waals surface area contributed by atoms with Crippen molar-refractivity contribution in [2.24, 2.45) is 0 Å². The fraction of sp³-hybridized carbons (Fsp3) is 0.385. The van der Waals surface area contributed by atoms with Crippen molar-refractivity contribution in [1.29, 1.82) is 0 Å². The first-order chi connectivity index (χ1) is 9.24.